The number of amides is 2. The SMILES string of the molecule is CS(=O)(=O)C1CC(CNC(=O)NC2CCCC3(CCC3)C2)C1. The minimum atomic E-state index is -2.90. The molecular formula is C16H28N2O3S. The second-order valence-corrected chi connectivity index (χ2v) is 10.1. The van der Waals surface area contributed by atoms with E-state index in [-0.39, 0.29) is 11.3 Å². The van der Waals surface area contributed by atoms with Gasteiger partial charge in [-0.3, -0.25) is 0 Å². The van der Waals surface area contributed by atoms with Crippen molar-refractivity contribution in [3.8, 4) is 0 Å². The molecule has 3 fully saturated rings. The molecule has 3 aliphatic carbocycles. The third kappa shape index (κ3) is 3.58. The zero-order valence-corrected chi connectivity index (χ0v) is 14.3. The maximum Gasteiger partial charge on any atom is 0.315 e. The highest BCUT2D eigenvalue weighted by Gasteiger charge is 2.41. The average Bonchev–Trinajstić information content (AvgIpc) is 2.33. The molecule has 5 nitrogen and oxygen atoms in total. The van der Waals surface area contributed by atoms with E-state index in [2.05, 4.69) is 10.6 Å². The zero-order chi connectivity index (χ0) is 15.8. The molecular weight excluding hydrogens is 300 g/mol. The third-order valence-electron chi connectivity index (χ3n) is 6.04. The minimum Gasteiger partial charge on any atom is -0.338 e. The molecule has 0 saturated heterocycles. The molecule has 2 amide bonds. The fourth-order valence-corrected chi connectivity index (χ4v) is 5.61. The molecule has 22 heavy (non-hydrogen) atoms. The first-order valence-corrected chi connectivity index (χ1v) is 10.6. The van der Waals surface area contributed by atoms with Gasteiger partial charge in [0.15, 0.2) is 0 Å². The summed E-state index contributed by atoms with van der Waals surface area (Å²) in [5.74, 6) is 0.315. The van der Waals surface area contributed by atoms with E-state index in [1.165, 1.54) is 38.4 Å². The Morgan fingerprint density at radius 3 is 2.45 bits per heavy atom. The third-order valence-corrected chi connectivity index (χ3v) is 7.63. The van der Waals surface area contributed by atoms with Crippen molar-refractivity contribution < 1.29 is 13.2 Å². The van der Waals surface area contributed by atoms with Crippen LogP contribution in [0.25, 0.3) is 0 Å². The molecule has 126 valence electrons. The Morgan fingerprint density at radius 2 is 1.86 bits per heavy atom. The van der Waals surface area contributed by atoms with Crippen molar-refractivity contribution in [3.05, 3.63) is 0 Å². The summed E-state index contributed by atoms with van der Waals surface area (Å²) >= 11 is 0. The number of carbonyl (C=O) groups excluding carboxylic acids is 1. The Balaban J connectivity index is 1.35. The number of rotatable bonds is 4. The van der Waals surface area contributed by atoms with Gasteiger partial charge in [-0.15, -0.1) is 0 Å². The van der Waals surface area contributed by atoms with Crippen LogP contribution in [0.2, 0.25) is 0 Å². The molecule has 0 bridgehead atoms. The first-order valence-electron chi connectivity index (χ1n) is 8.60. The van der Waals surface area contributed by atoms with E-state index < -0.39 is 9.84 Å². The maximum absolute atomic E-state index is 12.0. The largest absolute Gasteiger partial charge is 0.338 e. The van der Waals surface area contributed by atoms with Gasteiger partial charge in [-0.2, -0.15) is 0 Å². The van der Waals surface area contributed by atoms with Crippen molar-refractivity contribution in [1.29, 1.82) is 0 Å². The van der Waals surface area contributed by atoms with E-state index >= 15 is 0 Å². The first kappa shape index (κ1) is 16.1. The maximum atomic E-state index is 12.0. The fraction of sp³-hybridized carbons (Fsp3) is 0.938. The van der Waals surface area contributed by atoms with E-state index in [0.717, 1.165) is 12.8 Å². The van der Waals surface area contributed by atoms with Gasteiger partial charge in [-0.1, -0.05) is 12.8 Å². The molecule has 1 unspecified atom stereocenters. The van der Waals surface area contributed by atoms with Gasteiger partial charge in [0.05, 0.1) is 5.25 Å². The highest BCUT2D eigenvalue weighted by Crippen LogP contribution is 2.51. The number of hydrogen-bond donors (Lipinski definition) is 2. The number of hydrogen-bond acceptors (Lipinski definition) is 3. The lowest BCUT2D eigenvalue weighted by molar-refractivity contribution is 0.0607. The molecule has 6 heteroatoms. The van der Waals surface area contributed by atoms with Gasteiger partial charge < -0.3 is 10.6 Å². The van der Waals surface area contributed by atoms with E-state index in [1.54, 1.807) is 0 Å². The van der Waals surface area contributed by atoms with Gasteiger partial charge in [0, 0.05) is 18.8 Å². The quantitative estimate of drug-likeness (QED) is 0.831. The normalized spacial score (nSPS) is 33.6. The Hall–Kier alpha value is -0.780. The van der Waals surface area contributed by atoms with Gasteiger partial charge >= 0.3 is 6.03 Å². The highest BCUT2D eigenvalue weighted by atomic mass is 32.2. The van der Waals surface area contributed by atoms with Gasteiger partial charge in [0.1, 0.15) is 9.84 Å². The van der Waals surface area contributed by atoms with Gasteiger partial charge in [0.25, 0.3) is 0 Å². The van der Waals surface area contributed by atoms with Crippen molar-refractivity contribution in [2.75, 3.05) is 12.8 Å². The molecule has 0 aromatic carbocycles. The van der Waals surface area contributed by atoms with Crippen LogP contribution in [0.5, 0.6) is 0 Å². The standard InChI is InChI=1S/C16H28N2O3S/c1-22(20,21)14-8-12(9-14)11-17-15(19)18-13-4-2-5-16(10-13)6-3-7-16/h12-14H,2-11H2,1H3,(H2,17,18,19). The average molecular weight is 328 g/mol. The second kappa shape index (κ2) is 6.02. The summed E-state index contributed by atoms with van der Waals surface area (Å²) < 4.78 is 22.7. The summed E-state index contributed by atoms with van der Waals surface area (Å²) in [6, 6.07) is 0.239. The first-order chi connectivity index (χ1) is 10.4. The van der Waals surface area contributed by atoms with Crippen molar-refractivity contribution >= 4 is 15.9 Å². The highest BCUT2D eigenvalue weighted by molar-refractivity contribution is 7.91. The predicted octanol–water partition coefficient (Wildman–Crippen LogP) is 2.22. The van der Waals surface area contributed by atoms with Crippen molar-refractivity contribution in [2.45, 2.75) is 69.1 Å². The topological polar surface area (TPSA) is 75.3 Å². The van der Waals surface area contributed by atoms with Gasteiger partial charge in [0.2, 0.25) is 0 Å². The lowest BCUT2D eigenvalue weighted by Crippen LogP contribution is -2.50. The van der Waals surface area contributed by atoms with Crippen LogP contribution in [0.15, 0.2) is 0 Å². The Kier molecular flexibility index (Phi) is 4.40. The van der Waals surface area contributed by atoms with Gasteiger partial charge in [-0.05, 0) is 56.3 Å². The molecule has 0 radical (unpaired) electrons. The molecule has 0 aromatic heterocycles. The molecule has 0 aliphatic heterocycles. The summed E-state index contributed by atoms with van der Waals surface area (Å²) in [4.78, 5) is 12.0. The fourth-order valence-electron chi connectivity index (χ4n) is 4.37. The Bertz CT molecular complexity index is 522. The number of nitrogens with one attached hydrogen (secondary N) is 2. The number of carbonyl (C=O) groups is 1. The summed E-state index contributed by atoms with van der Waals surface area (Å²) in [6.45, 7) is 0.593. The predicted molar refractivity (Wildman–Crippen MR) is 86.4 cm³/mol. The van der Waals surface area contributed by atoms with Crippen LogP contribution in [0.4, 0.5) is 4.79 Å². The smallest absolute Gasteiger partial charge is 0.315 e. The van der Waals surface area contributed by atoms with Crippen LogP contribution < -0.4 is 10.6 Å². The van der Waals surface area contributed by atoms with E-state index in [1.807, 2.05) is 0 Å². The molecule has 3 saturated carbocycles. The molecule has 0 heterocycles. The van der Waals surface area contributed by atoms with Crippen LogP contribution in [-0.2, 0) is 9.84 Å². The van der Waals surface area contributed by atoms with E-state index in [9.17, 15) is 13.2 Å². The van der Waals surface area contributed by atoms with E-state index in [4.69, 9.17) is 0 Å². The van der Waals surface area contributed by atoms with Crippen LogP contribution >= 0.6 is 0 Å². The van der Waals surface area contributed by atoms with Crippen LogP contribution in [0.1, 0.15) is 57.8 Å². The van der Waals surface area contributed by atoms with Gasteiger partial charge in [-0.25, -0.2) is 13.2 Å². The van der Waals surface area contributed by atoms with Crippen molar-refractivity contribution in [2.24, 2.45) is 11.3 Å². The minimum absolute atomic E-state index is 0.0795. The summed E-state index contributed by atoms with van der Waals surface area (Å²) in [7, 11) is -2.90. The molecule has 2 N–H and O–H groups in total. The van der Waals surface area contributed by atoms with Crippen LogP contribution in [-0.4, -0.2) is 38.5 Å². The Labute approximate surface area is 133 Å². The molecule has 1 spiro atoms. The second-order valence-electron chi connectivity index (χ2n) is 7.79. The lowest BCUT2D eigenvalue weighted by atomic mass is 9.60. The molecule has 0 aromatic rings. The molecule has 3 aliphatic rings. The van der Waals surface area contributed by atoms with Crippen molar-refractivity contribution in [3.63, 3.8) is 0 Å². The summed E-state index contributed by atoms with van der Waals surface area (Å²) in [5, 5.41) is 5.85. The van der Waals surface area contributed by atoms with E-state index in [0.29, 0.717) is 36.8 Å². The lowest BCUT2D eigenvalue weighted by Gasteiger charge is -2.47. The molecule has 3 rings (SSSR count). The summed E-state index contributed by atoms with van der Waals surface area (Å²) in [5.41, 5.74) is 0.535. The number of urea groups is 1. The summed E-state index contributed by atoms with van der Waals surface area (Å²) in [6.07, 6.45) is 11.5. The number of sulfone groups is 1. The molecule has 1 atom stereocenters. The van der Waals surface area contributed by atoms with Crippen LogP contribution in [0, 0.1) is 11.3 Å². The zero-order valence-electron chi connectivity index (χ0n) is 13.4. The van der Waals surface area contributed by atoms with Crippen molar-refractivity contribution in [1.82, 2.24) is 10.6 Å². The monoisotopic (exact) mass is 328 g/mol. The van der Waals surface area contributed by atoms with Crippen LogP contribution in [0.3, 0.4) is 0 Å². The Morgan fingerprint density at radius 1 is 1.18 bits per heavy atom.